The summed E-state index contributed by atoms with van der Waals surface area (Å²) in [6.45, 7) is 0. The topological polar surface area (TPSA) is 3.24 Å². The second-order valence-electron chi connectivity index (χ2n) is 8.33. The van der Waals surface area contributed by atoms with Gasteiger partial charge in [0.05, 0.1) is 5.48 Å². The summed E-state index contributed by atoms with van der Waals surface area (Å²) in [5.74, 6) is 0. The van der Waals surface area contributed by atoms with Crippen LogP contribution < -0.4 is 4.90 Å². The Labute approximate surface area is 212 Å². The lowest BCUT2D eigenvalue weighted by molar-refractivity contribution is 1.28. The molecule has 0 N–H and O–H groups in total. The molecule has 0 radical (unpaired) electrons. The number of benzene rings is 6. The second kappa shape index (κ2) is 9.32. The molecule has 0 aromatic heterocycles. The maximum Gasteiger partial charge on any atom is 0.0651 e. The van der Waals surface area contributed by atoms with Crippen LogP contribution in [-0.2, 0) is 0 Å². The molecule has 6 aromatic rings. The summed E-state index contributed by atoms with van der Waals surface area (Å²) in [5, 5.41) is 1.90. The Bertz CT molecular complexity index is 1780. The Kier molecular flexibility index (Phi) is 4.50. The molecule has 0 aliphatic carbocycles. The zero-order valence-corrected chi connectivity index (χ0v) is 19.1. The minimum atomic E-state index is -0.203. The molecule has 6 aromatic carbocycles. The molecule has 0 fully saturated rings. The van der Waals surface area contributed by atoms with E-state index in [9.17, 15) is 1.37 Å². The number of rotatable bonds is 5. The van der Waals surface area contributed by atoms with Crippen molar-refractivity contribution in [3.8, 4) is 22.3 Å². The van der Waals surface area contributed by atoms with Gasteiger partial charge in [-0.25, -0.2) is 0 Å². The zero-order chi connectivity index (χ0) is 26.9. The molecule has 0 heterocycles. The minimum absolute atomic E-state index is 0.0494. The summed E-state index contributed by atoms with van der Waals surface area (Å²) in [6, 6.07) is 41.0. The molecule has 1 nitrogen and oxygen atoms in total. The van der Waals surface area contributed by atoms with E-state index in [-0.39, 0.29) is 29.9 Å². The molecule has 1 heteroatoms. The van der Waals surface area contributed by atoms with E-state index in [1.807, 2.05) is 120 Å². The molecular weight excluding hydrogens is 422 g/mol. The third-order valence-electron chi connectivity index (χ3n) is 6.14. The maximum atomic E-state index is 9.38. The van der Waals surface area contributed by atoms with Gasteiger partial charge in [-0.2, -0.15) is 0 Å². The van der Waals surface area contributed by atoms with Gasteiger partial charge in [0, 0.05) is 17.1 Å². The summed E-state index contributed by atoms with van der Waals surface area (Å²) in [6.07, 6.45) is 0. The van der Waals surface area contributed by atoms with Crippen LogP contribution in [0.15, 0.2) is 152 Å². The Morgan fingerprint density at radius 2 is 1.09 bits per heavy atom. The number of nitrogens with zero attached hydrogens (tertiary/aromatic N) is 1. The zero-order valence-electron chi connectivity index (χ0n) is 23.1. The molecule has 0 atom stereocenters. The first-order valence-electron chi connectivity index (χ1n) is 13.6. The first kappa shape index (κ1) is 16.9. The molecule has 0 unspecified atom stereocenters. The van der Waals surface area contributed by atoms with Gasteiger partial charge >= 0.3 is 0 Å². The van der Waals surface area contributed by atoms with E-state index in [4.69, 9.17) is 4.11 Å². The van der Waals surface area contributed by atoms with Gasteiger partial charge in [-0.3, -0.25) is 0 Å². The maximum absolute atomic E-state index is 9.38. The Hall–Kier alpha value is -4.62. The van der Waals surface area contributed by atoms with E-state index in [1.165, 1.54) is 0 Å². The SMILES string of the molecule is [2H]c1c([2H])c(-c2cccc3ccccc23)c([2H])c(N(c2ccccc2)c2ccc(-c3ccccc3)cc2)c1[2H]. The molecule has 0 saturated heterocycles. The molecule has 166 valence electrons. The third kappa shape index (κ3) is 4.20. The molecule has 0 amide bonds. The first-order chi connectivity index (χ1) is 19.0. The van der Waals surface area contributed by atoms with Crippen LogP contribution in [0.4, 0.5) is 17.1 Å². The number of para-hydroxylation sites is 1. The van der Waals surface area contributed by atoms with E-state index in [2.05, 4.69) is 12.1 Å². The van der Waals surface area contributed by atoms with Crippen molar-refractivity contribution in [2.45, 2.75) is 0 Å². The number of hydrogen-bond donors (Lipinski definition) is 0. The summed E-state index contributed by atoms with van der Waals surface area (Å²) >= 11 is 0. The normalized spacial score (nSPS) is 12.5. The highest BCUT2D eigenvalue weighted by molar-refractivity contribution is 5.97. The molecule has 0 bridgehead atoms. The lowest BCUT2D eigenvalue weighted by Gasteiger charge is -2.26. The van der Waals surface area contributed by atoms with Gasteiger partial charge < -0.3 is 4.90 Å². The smallest absolute Gasteiger partial charge is 0.0651 e. The van der Waals surface area contributed by atoms with E-state index in [0.29, 0.717) is 11.1 Å². The van der Waals surface area contributed by atoms with Crippen LogP contribution in [0.25, 0.3) is 33.0 Å². The minimum Gasteiger partial charge on any atom is -0.310 e. The van der Waals surface area contributed by atoms with Crippen LogP contribution in [0.1, 0.15) is 5.48 Å². The summed E-state index contributed by atoms with van der Waals surface area (Å²) in [5.41, 5.74) is 5.04. The van der Waals surface area contributed by atoms with Gasteiger partial charge in [0.15, 0.2) is 0 Å². The first-order valence-corrected chi connectivity index (χ1v) is 11.6. The van der Waals surface area contributed by atoms with Gasteiger partial charge in [0.1, 0.15) is 0 Å². The van der Waals surface area contributed by atoms with E-state index in [1.54, 1.807) is 0 Å². The fourth-order valence-electron chi connectivity index (χ4n) is 4.44. The van der Waals surface area contributed by atoms with Crippen molar-refractivity contribution < 1.29 is 5.48 Å². The van der Waals surface area contributed by atoms with Gasteiger partial charge in [-0.15, -0.1) is 0 Å². The van der Waals surface area contributed by atoms with Crippen LogP contribution in [-0.4, -0.2) is 0 Å². The van der Waals surface area contributed by atoms with Gasteiger partial charge in [-0.1, -0.05) is 115 Å². The highest BCUT2D eigenvalue weighted by Crippen LogP contribution is 2.38. The predicted octanol–water partition coefficient (Wildman–Crippen LogP) is 9.64. The average Bonchev–Trinajstić information content (AvgIpc) is 2.99. The van der Waals surface area contributed by atoms with Gasteiger partial charge in [-0.05, 0) is 69.4 Å². The van der Waals surface area contributed by atoms with Crippen LogP contribution in [0.5, 0.6) is 0 Å². The van der Waals surface area contributed by atoms with Crippen molar-refractivity contribution >= 4 is 27.8 Å². The number of hydrogen-bond acceptors (Lipinski definition) is 1. The molecule has 6 rings (SSSR count). The standard InChI is InChI=1S/C34H25N/c1-3-11-26(12-4-1)27-21-23-31(24-22-27)35(30-16-5-2-6-17-30)32-18-9-15-29(25-32)34-20-10-14-28-13-7-8-19-33(28)34/h1-25H/i9D,15D,18D,25D. The number of fused-ring (bicyclic) bond motifs is 1. The third-order valence-corrected chi connectivity index (χ3v) is 6.14. The number of anilines is 3. The van der Waals surface area contributed by atoms with Crippen molar-refractivity contribution in [3.63, 3.8) is 0 Å². The molecular formula is C34H25N. The van der Waals surface area contributed by atoms with E-state index < -0.39 is 0 Å². The summed E-state index contributed by atoms with van der Waals surface area (Å²) in [4.78, 5) is 1.85. The summed E-state index contributed by atoms with van der Waals surface area (Å²) in [7, 11) is 0. The van der Waals surface area contributed by atoms with Crippen molar-refractivity contribution in [1.82, 2.24) is 0 Å². The fourth-order valence-corrected chi connectivity index (χ4v) is 4.44. The molecule has 0 aliphatic heterocycles. The van der Waals surface area contributed by atoms with Gasteiger partial charge in [0.25, 0.3) is 0 Å². The highest BCUT2D eigenvalue weighted by atomic mass is 15.1. The Balaban J connectivity index is 1.60. The molecule has 0 spiro atoms. The van der Waals surface area contributed by atoms with Gasteiger partial charge in [0.2, 0.25) is 0 Å². The quantitative estimate of drug-likeness (QED) is 0.252. The molecule has 0 saturated carbocycles. The Morgan fingerprint density at radius 3 is 1.89 bits per heavy atom. The van der Waals surface area contributed by atoms with Crippen molar-refractivity contribution in [2.75, 3.05) is 4.90 Å². The van der Waals surface area contributed by atoms with Crippen LogP contribution in [0.3, 0.4) is 0 Å². The van der Waals surface area contributed by atoms with E-state index in [0.717, 1.165) is 33.3 Å². The Morgan fingerprint density at radius 1 is 0.457 bits per heavy atom. The van der Waals surface area contributed by atoms with Crippen LogP contribution >= 0.6 is 0 Å². The summed E-state index contributed by atoms with van der Waals surface area (Å²) < 4.78 is 35.9. The monoisotopic (exact) mass is 451 g/mol. The van der Waals surface area contributed by atoms with E-state index >= 15 is 0 Å². The predicted molar refractivity (Wildman–Crippen MR) is 150 cm³/mol. The second-order valence-corrected chi connectivity index (χ2v) is 8.33. The van der Waals surface area contributed by atoms with Crippen LogP contribution in [0, 0.1) is 0 Å². The van der Waals surface area contributed by atoms with Crippen molar-refractivity contribution in [3.05, 3.63) is 152 Å². The largest absolute Gasteiger partial charge is 0.310 e. The van der Waals surface area contributed by atoms with Crippen molar-refractivity contribution in [1.29, 1.82) is 0 Å². The molecule has 35 heavy (non-hydrogen) atoms. The molecule has 0 aliphatic rings. The van der Waals surface area contributed by atoms with Crippen LogP contribution in [0.2, 0.25) is 0 Å². The average molecular weight is 452 g/mol. The van der Waals surface area contributed by atoms with Crippen molar-refractivity contribution in [2.24, 2.45) is 0 Å². The lowest BCUT2D eigenvalue weighted by atomic mass is 9.97. The lowest BCUT2D eigenvalue weighted by Crippen LogP contribution is -2.09. The fraction of sp³-hybridized carbons (Fsp3) is 0. The highest BCUT2D eigenvalue weighted by Gasteiger charge is 2.14.